The van der Waals surface area contributed by atoms with E-state index in [2.05, 4.69) is 37.4 Å². The molecule has 2 rings (SSSR count). The van der Waals surface area contributed by atoms with E-state index in [1.165, 1.54) is 5.56 Å². The highest BCUT2D eigenvalue weighted by atomic mass is 35.5. The molecule has 0 aliphatic carbocycles. The van der Waals surface area contributed by atoms with E-state index in [0.717, 1.165) is 11.4 Å². The Balaban J connectivity index is 2.24. The monoisotopic (exact) mass is 270 g/mol. The summed E-state index contributed by atoms with van der Waals surface area (Å²) >= 11 is 5.88. The Hall–Kier alpha value is -1.98. The molecule has 0 amide bonds. The SMILES string of the molecule is CC(C)c1ccc(Nc2ccc(Cl)cc2C#N)cc1. The number of halogens is 1. The van der Waals surface area contributed by atoms with Crippen LogP contribution in [0.4, 0.5) is 11.4 Å². The van der Waals surface area contributed by atoms with E-state index >= 15 is 0 Å². The molecule has 0 bridgehead atoms. The molecule has 2 aromatic carbocycles. The molecule has 2 nitrogen and oxygen atoms in total. The van der Waals surface area contributed by atoms with Gasteiger partial charge in [0.2, 0.25) is 0 Å². The summed E-state index contributed by atoms with van der Waals surface area (Å²) in [7, 11) is 0. The van der Waals surface area contributed by atoms with Crippen molar-refractivity contribution in [2.24, 2.45) is 0 Å². The number of benzene rings is 2. The van der Waals surface area contributed by atoms with Crippen molar-refractivity contribution in [1.29, 1.82) is 5.26 Å². The summed E-state index contributed by atoms with van der Waals surface area (Å²) in [6.45, 7) is 4.32. The normalized spacial score (nSPS) is 10.3. The number of nitrogens with one attached hydrogen (secondary N) is 1. The molecule has 0 heterocycles. The zero-order valence-corrected chi connectivity index (χ0v) is 11.7. The fourth-order valence-corrected chi connectivity index (χ4v) is 2.00. The third-order valence-electron chi connectivity index (χ3n) is 2.96. The van der Waals surface area contributed by atoms with Crippen molar-refractivity contribution >= 4 is 23.0 Å². The van der Waals surface area contributed by atoms with Crippen LogP contribution in [0.3, 0.4) is 0 Å². The molecular weight excluding hydrogens is 256 g/mol. The van der Waals surface area contributed by atoms with E-state index in [-0.39, 0.29) is 0 Å². The molecule has 96 valence electrons. The Bertz CT molecular complexity index is 610. The number of rotatable bonds is 3. The van der Waals surface area contributed by atoms with Gasteiger partial charge in [-0.1, -0.05) is 37.6 Å². The first-order valence-electron chi connectivity index (χ1n) is 6.17. The van der Waals surface area contributed by atoms with Gasteiger partial charge in [-0.25, -0.2) is 0 Å². The van der Waals surface area contributed by atoms with Crippen molar-refractivity contribution in [2.45, 2.75) is 19.8 Å². The van der Waals surface area contributed by atoms with Gasteiger partial charge >= 0.3 is 0 Å². The second-order valence-corrected chi connectivity index (χ2v) is 5.14. The Kier molecular flexibility index (Phi) is 4.09. The molecule has 2 aromatic rings. The molecule has 3 heteroatoms. The molecular formula is C16H15ClN2. The quantitative estimate of drug-likeness (QED) is 0.844. The van der Waals surface area contributed by atoms with Crippen molar-refractivity contribution in [3.05, 3.63) is 58.6 Å². The zero-order chi connectivity index (χ0) is 13.8. The van der Waals surface area contributed by atoms with Crippen LogP contribution in [0.5, 0.6) is 0 Å². The van der Waals surface area contributed by atoms with E-state index in [1.54, 1.807) is 12.1 Å². The van der Waals surface area contributed by atoms with Crippen molar-refractivity contribution in [3.63, 3.8) is 0 Å². The topological polar surface area (TPSA) is 35.8 Å². The lowest BCUT2D eigenvalue weighted by atomic mass is 10.0. The molecule has 0 aliphatic rings. The Morgan fingerprint density at radius 2 is 1.79 bits per heavy atom. The summed E-state index contributed by atoms with van der Waals surface area (Å²) < 4.78 is 0. The standard InChI is InChI=1S/C16H15ClN2/c1-11(2)12-3-6-15(7-4-12)19-16-8-5-14(17)9-13(16)10-18/h3-9,11,19H,1-2H3. The Labute approximate surface area is 118 Å². The largest absolute Gasteiger partial charge is 0.354 e. The zero-order valence-electron chi connectivity index (χ0n) is 10.9. The summed E-state index contributed by atoms with van der Waals surface area (Å²) in [5.41, 5.74) is 3.56. The highest BCUT2D eigenvalue weighted by Crippen LogP contribution is 2.25. The molecule has 0 saturated heterocycles. The summed E-state index contributed by atoms with van der Waals surface area (Å²) in [6.07, 6.45) is 0. The molecule has 1 N–H and O–H groups in total. The Morgan fingerprint density at radius 1 is 1.11 bits per heavy atom. The van der Waals surface area contributed by atoms with Crippen molar-refractivity contribution in [2.75, 3.05) is 5.32 Å². The van der Waals surface area contributed by atoms with Crippen LogP contribution >= 0.6 is 11.6 Å². The maximum absolute atomic E-state index is 9.09. The van der Waals surface area contributed by atoms with Gasteiger partial charge in [-0.05, 0) is 41.8 Å². The van der Waals surface area contributed by atoms with E-state index in [9.17, 15) is 0 Å². The van der Waals surface area contributed by atoms with Gasteiger partial charge in [-0.2, -0.15) is 5.26 Å². The molecule has 0 spiro atoms. The summed E-state index contributed by atoms with van der Waals surface area (Å²) in [4.78, 5) is 0. The van der Waals surface area contributed by atoms with Crippen LogP contribution in [-0.2, 0) is 0 Å². The third-order valence-corrected chi connectivity index (χ3v) is 3.19. The van der Waals surface area contributed by atoms with E-state index in [4.69, 9.17) is 16.9 Å². The van der Waals surface area contributed by atoms with Crippen LogP contribution in [0, 0.1) is 11.3 Å². The maximum atomic E-state index is 9.09. The molecule has 0 unspecified atom stereocenters. The molecule has 0 aliphatic heterocycles. The predicted molar refractivity (Wildman–Crippen MR) is 80.0 cm³/mol. The third kappa shape index (κ3) is 3.27. The molecule has 0 saturated carbocycles. The number of hydrogen-bond acceptors (Lipinski definition) is 2. The lowest BCUT2D eigenvalue weighted by Crippen LogP contribution is -1.94. The number of nitrogens with zero attached hydrogens (tertiary/aromatic N) is 1. The van der Waals surface area contributed by atoms with Crippen molar-refractivity contribution in [3.8, 4) is 6.07 Å². The first-order chi connectivity index (χ1) is 9.10. The fraction of sp³-hybridized carbons (Fsp3) is 0.188. The molecule has 0 aromatic heterocycles. The van der Waals surface area contributed by atoms with E-state index < -0.39 is 0 Å². The van der Waals surface area contributed by atoms with E-state index in [0.29, 0.717) is 16.5 Å². The highest BCUT2D eigenvalue weighted by molar-refractivity contribution is 6.30. The molecule has 0 radical (unpaired) electrons. The average Bonchev–Trinajstić information content (AvgIpc) is 2.41. The summed E-state index contributed by atoms with van der Waals surface area (Å²) in [6, 6.07) is 15.6. The lowest BCUT2D eigenvalue weighted by Gasteiger charge is -2.10. The van der Waals surface area contributed by atoms with Gasteiger partial charge in [0, 0.05) is 10.7 Å². The minimum Gasteiger partial charge on any atom is -0.354 e. The Morgan fingerprint density at radius 3 is 2.37 bits per heavy atom. The maximum Gasteiger partial charge on any atom is 0.101 e. The average molecular weight is 271 g/mol. The molecule has 19 heavy (non-hydrogen) atoms. The minimum absolute atomic E-state index is 0.513. The summed E-state index contributed by atoms with van der Waals surface area (Å²) in [5.74, 6) is 0.513. The van der Waals surface area contributed by atoms with Gasteiger partial charge in [0.15, 0.2) is 0 Å². The van der Waals surface area contributed by atoms with Crippen LogP contribution in [-0.4, -0.2) is 0 Å². The van der Waals surface area contributed by atoms with Gasteiger partial charge in [0.1, 0.15) is 6.07 Å². The minimum atomic E-state index is 0.513. The van der Waals surface area contributed by atoms with Crippen molar-refractivity contribution in [1.82, 2.24) is 0 Å². The van der Waals surface area contributed by atoms with E-state index in [1.807, 2.05) is 18.2 Å². The van der Waals surface area contributed by atoms with Crippen LogP contribution < -0.4 is 5.32 Å². The smallest absolute Gasteiger partial charge is 0.101 e. The van der Waals surface area contributed by atoms with Crippen molar-refractivity contribution < 1.29 is 0 Å². The van der Waals surface area contributed by atoms with Gasteiger partial charge in [-0.15, -0.1) is 0 Å². The first kappa shape index (κ1) is 13.5. The summed E-state index contributed by atoms with van der Waals surface area (Å²) in [5, 5.41) is 12.9. The number of anilines is 2. The second kappa shape index (κ2) is 5.77. The number of hydrogen-bond donors (Lipinski definition) is 1. The van der Waals surface area contributed by atoms with Gasteiger partial charge < -0.3 is 5.32 Å². The first-order valence-corrected chi connectivity index (χ1v) is 6.54. The molecule has 0 atom stereocenters. The van der Waals surface area contributed by atoms with Gasteiger partial charge in [0.25, 0.3) is 0 Å². The second-order valence-electron chi connectivity index (χ2n) is 4.70. The van der Waals surface area contributed by atoms with Gasteiger partial charge in [-0.3, -0.25) is 0 Å². The molecule has 0 fully saturated rings. The van der Waals surface area contributed by atoms with Crippen LogP contribution in [0.25, 0.3) is 0 Å². The van der Waals surface area contributed by atoms with Crippen LogP contribution in [0.1, 0.15) is 30.9 Å². The highest BCUT2D eigenvalue weighted by Gasteiger charge is 2.04. The van der Waals surface area contributed by atoms with Crippen LogP contribution in [0.2, 0.25) is 5.02 Å². The number of nitriles is 1. The lowest BCUT2D eigenvalue weighted by molar-refractivity contribution is 0.867. The fourth-order valence-electron chi connectivity index (χ4n) is 1.82. The van der Waals surface area contributed by atoms with Gasteiger partial charge in [0.05, 0.1) is 11.3 Å². The predicted octanol–water partition coefficient (Wildman–Crippen LogP) is 5.08. The van der Waals surface area contributed by atoms with Crippen LogP contribution in [0.15, 0.2) is 42.5 Å².